The van der Waals surface area contributed by atoms with E-state index in [9.17, 15) is 9.18 Å². The molecule has 0 unspecified atom stereocenters. The molecule has 6 heteroatoms. The number of aromatic nitrogens is 3. The lowest BCUT2D eigenvalue weighted by Crippen LogP contribution is -2.40. The van der Waals surface area contributed by atoms with Crippen molar-refractivity contribution < 1.29 is 9.18 Å². The van der Waals surface area contributed by atoms with Gasteiger partial charge in [0.25, 0.3) is 0 Å². The van der Waals surface area contributed by atoms with Gasteiger partial charge in [0.1, 0.15) is 5.82 Å². The maximum atomic E-state index is 13.5. The van der Waals surface area contributed by atoms with Crippen molar-refractivity contribution in [2.24, 2.45) is 5.92 Å². The Bertz CT molecular complexity index is 1010. The van der Waals surface area contributed by atoms with Crippen LogP contribution < -0.4 is 0 Å². The Morgan fingerprint density at radius 1 is 1.11 bits per heavy atom. The molecule has 1 saturated heterocycles. The fourth-order valence-electron chi connectivity index (χ4n) is 3.89. The maximum Gasteiger partial charge on any atom is 0.225 e. The summed E-state index contributed by atoms with van der Waals surface area (Å²) in [5, 5.41) is 4.67. The number of likely N-dealkylation sites (tertiary alicyclic amines) is 1. The first-order valence-corrected chi connectivity index (χ1v) is 9.58. The van der Waals surface area contributed by atoms with Gasteiger partial charge in [-0.3, -0.25) is 4.79 Å². The van der Waals surface area contributed by atoms with Crippen LogP contribution in [0.4, 0.5) is 4.39 Å². The molecule has 3 heterocycles. The molecule has 1 aliphatic carbocycles. The van der Waals surface area contributed by atoms with Crippen LogP contribution in [0.3, 0.4) is 0 Å². The van der Waals surface area contributed by atoms with Gasteiger partial charge in [-0.2, -0.15) is 5.10 Å². The van der Waals surface area contributed by atoms with Gasteiger partial charge in [-0.25, -0.2) is 13.9 Å². The van der Waals surface area contributed by atoms with E-state index < -0.39 is 0 Å². The molecule has 5 rings (SSSR count). The number of benzene rings is 1. The Morgan fingerprint density at radius 3 is 2.81 bits per heavy atom. The average Bonchev–Trinajstić information content (AvgIpc) is 3.45. The summed E-state index contributed by atoms with van der Waals surface area (Å²) in [6.07, 6.45) is 5.96. The van der Waals surface area contributed by atoms with Gasteiger partial charge in [-0.05, 0) is 55.5 Å². The van der Waals surface area contributed by atoms with E-state index in [4.69, 9.17) is 0 Å². The Morgan fingerprint density at radius 2 is 2.00 bits per heavy atom. The molecule has 2 aromatic heterocycles. The first-order chi connectivity index (χ1) is 13.2. The minimum atomic E-state index is -0.255. The van der Waals surface area contributed by atoms with Gasteiger partial charge >= 0.3 is 0 Å². The standard InChI is InChI=1S/C21H21FN4O/c22-18-5-1-3-15(11-18)16-8-9-19-23-20(24-26(19)13-16)17-4-2-10-25(12-17)21(27)14-6-7-14/h1,3,5,8-9,11,13-14,17H,2,4,6-7,10,12H2/t17-/m0/s1. The number of nitrogens with zero attached hydrogens (tertiary/aromatic N) is 4. The predicted molar refractivity (Wildman–Crippen MR) is 99.7 cm³/mol. The van der Waals surface area contributed by atoms with Crippen LogP contribution in [0.25, 0.3) is 16.8 Å². The summed E-state index contributed by atoms with van der Waals surface area (Å²) in [4.78, 5) is 19.1. The SMILES string of the molecule is O=C(C1CC1)N1CCC[C@H](c2nc3ccc(-c4cccc(F)c4)cn3n2)C1. The van der Waals surface area contributed by atoms with Crippen LogP contribution in [0, 0.1) is 11.7 Å². The zero-order valence-corrected chi connectivity index (χ0v) is 15.0. The normalized spacial score (nSPS) is 20.2. The Labute approximate surface area is 156 Å². The molecule has 5 nitrogen and oxygen atoms in total. The van der Waals surface area contributed by atoms with E-state index in [0.717, 1.165) is 54.8 Å². The van der Waals surface area contributed by atoms with E-state index in [-0.39, 0.29) is 17.7 Å². The number of rotatable bonds is 3. The molecule has 138 valence electrons. The largest absolute Gasteiger partial charge is 0.342 e. The van der Waals surface area contributed by atoms with Crippen LogP contribution in [-0.4, -0.2) is 38.5 Å². The molecule has 1 aliphatic heterocycles. The van der Waals surface area contributed by atoms with Gasteiger partial charge in [0, 0.05) is 36.7 Å². The van der Waals surface area contributed by atoms with Crippen molar-refractivity contribution in [3.63, 3.8) is 0 Å². The van der Waals surface area contributed by atoms with Gasteiger partial charge in [0.05, 0.1) is 0 Å². The molecule has 0 N–H and O–H groups in total. The van der Waals surface area contributed by atoms with Crippen molar-refractivity contribution in [2.45, 2.75) is 31.6 Å². The highest BCUT2D eigenvalue weighted by atomic mass is 19.1. The Balaban J connectivity index is 1.41. The number of carbonyl (C=O) groups excluding carboxylic acids is 1. The number of hydrogen-bond donors (Lipinski definition) is 0. The number of hydrogen-bond acceptors (Lipinski definition) is 3. The highest BCUT2D eigenvalue weighted by Gasteiger charge is 2.36. The van der Waals surface area contributed by atoms with Crippen LogP contribution in [0.1, 0.15) is 37.4 Å². The third kappa shape index (κ3) is 3.20. The van der Waals surface area contributed by atoms with Crippen molar-refractivity contribution >= 4 is 11.6 Å². The highest BCUT2D eigenvalue weighted by molar-refractivity contribution is 5.81. The number of halogens is 1. The molecule has 27 heavy (non-hydrogen) atoms. The van der Waals surface area contributed by atoms with Gasteiger partial charge < -0.3 is 4.90 Å². The molecule has 3 aromatic rings. The summed E-state index contributed by atoms with van der Waals surface area (Å²) in [6, 6.07) is 10.4. The Hall–Kier alpha value is -2.76. The molecule has 1 saturated carbocycles. The molecular weight excluding hydrogens is 343 g/mol. The number of amides is 1. The van der Waals surface area contributed by atoms with E-state index >= 15 is 0 Å². The average molecular weight is 364 g/mol. The molecule has 2 fully saturated rings. The minimum Gasteiger partial charge on any atom is -0.342 e. The molecule has 1 aromatic carbocycles. The van der Waals surface area contributed by atoms with Crippen molar-refractivity contribution in [1.29, 1.82) is 0 Å². The van der Waals surface area contributed by atoms with Gasteiger partial charge in [0.15, 0.2) is 11.5 Å². The predicted octanol–water partition coefficient (Wildman–Crippen LogP) is 3.65. The van der Waals surface area contributed by atoms with E-state index in [2.05, 4.69) is 10.1 Å². The topological polar surface area (TPSA) is 50.5 Å². The zero-order valence-electron chi connectivity index (χ0n) is 15.0. The fraction of sp³-hybridized carbons (Fsp3) is 0.381. The van der Waals surface area contributed by atoms with Crippen LogP contribution in [0.5, 0.6) is 0 Å². The maximum absolute atomic E-state index is 13.5. The Kier molecular flexibility index (Phi) is 3.92. The smallest absolute Gasteiger partial charge is 0.225 e. The van der Waals surface area contributed by atoms with Crippen LogP contribution in [0.2, 0.25) is 0 Å². The third-order valence-corrected chi connectivity index (χ3v) is 5.53. The quantitative estimate of drug-likeness (QED) is 0.713. The molecular formula is C21H21FN4O. The van der Waals surface area contributed by atoms with Crippen LogP contribution >= 0.6 is 0 Å². The van der Waals surface area contributed by atoms with Gasteiger partial charge in [0.2, 0.25) is 5.91 Å². The monoisotopic (exact) mass is 364 g/mol. The van der Waals surface area contributed by atoms with E-state index in [1.165, 1.54) is 12.1 Å². The summed E-state index contributed by atoms with van der Waals surface area (Å²) in [5.41, 5.74) is 2.48. The van der Waals surface area contributed by atoms with E-state index in [1.54, 1.807) is 10.6 Å². The number of pyridine rings is 1. The molecule has 2 aliphatic rings. The van der Waals surface area contributed by atoms with Crippen molar-refractivity contribution in [1.82, 2.24) is 19.5 Å². The lowest BCUT2D eigenvalue weighted by atomic mass is 9.97. The summed E-state index contributed by atoms with van der Waals surface area (Å²) in [6.45, 7) is 1.56. The lowest BCUT2D eigenvalue weighted by Gasteiger charge is -2.31. The first-order valence-electron chi connectivity index (χ1n) is 9.58. The highest BCUT2D eigenvalue weighted by Crippen LogP contribution is 2.34. The van der Waals surface area contributed by atoms with Crippen molar-refractivity contribution in [3.8, 4) is 11.1 Å². The number of carbonyl (C=O) groups is 1. The summed E-state index contributed by atoms with van der Waals surface area (Å²) >= 11 is 0. The second-order valence-corrected chi connectivity index (χ2v) is 7.60. The second kappa shape index (κ2) is 6.44. The third-order valence-electron chi connectivity index (χ3n) is 5.53. The molecule has 0 bridgehead atoms. The van der Waals surface area contributed by atoms with Crippen LogP contribution in [-0.2, 0) is 4.79 Å². The molecule has 0 spiro atoms. The summed E-state index contributed by atoms with van der Waals surface area (Å²) in [5.74, 6) is 1.27. The number of piperidine rings is 1. The van der Waals surface area contributed by atoms with E-state index in [1.807, 2.05) is 29.3 Å². The zero-order chi connectivity index (χ0) is 18.4. The van der Waals surface area contributed by atoms with Crippen LogP contribution in [0.15, 0.2) is 42.6 Å². The van der Waals surface area contributed by atoms with Crippen molar-refractivity contribution in [3.05, 3.63) is 54.2 Å². The summed E-state index contributed by atoms with van der Waals surface area (Å²) in [7, 11) is 0. The number of fused-ring (bicyclic) bond motifs is 1. The second-order valence-electron chi connectivity index (χ2n) is 7.60. The minimum absolute atomic E-state index is 0.180. The van der Waals surface area contributed by atoms with E-state index in [0.29, 0.717) is 12.5 Å². The first kappa shape index (κ1) is 16.4. The van der Waals surface area contributed by atoms with Gasteiger partial charge in [-0.15, -0.1) is 0 Å². The molecule has 1 atom stereocenters. The summed E-state index contributed by atoms with van der Waals surface area (Å²) < 4.78 is 15.3. The van der Waals surface area contributed by atoms with Gasteiger partial charge in [-0.1, -0.05) is 12.1 Å². The van der Waals surface area contributed by atoms with Crippen molar-refractivity contribution in [2.75, 3.05) is 13.1 Å². The fourth-order valence-corrected chi connectivity index (χ4v) is 3.89. The lowest BCUT2D eigenvalue weighted by molar-refractivity contribution is -0.133. The molecule has 0 radical (unpaired) electrons. The molecule has 1 amide bonds.